The Balaban J connectivity index is 1.80. The molecule has 21 heavy (non-hydrogen) atoms. The molecule has 1 aromatic rings. The Bertz CT molecular complexity index is 492. The zero-order valence-electron chi connectivity index (χ0n) is 12.6. The molecule has 1 N–H and O–H groups in total. The van der Waals surface area contributed by atoms with E-state index in [9.17, 15) is 9.59 Å². The van der Waals surface area contributed by atoms with E-state index in [1.54, 1.807) is 18.1 Å². The SMILES string of the molecule is CNC(=O)C1CCN(C(=O)CN(C)Cc2ccccn2)C1. The number of hydrogen-bond donors (Lipinski definition) is 1. The lowest BCUT2D eigenvalue weighted by molar-refractivity contribution is -0.131. The van der Waals surface area contributed by atoms with Crippen molar-refractivity contribution in [3.8, 4) is 0 Å². The van der Waals surface area contributed by atoms with E-state index in [0.29, 0.717) is 26.2 Å². The van der Waals surface area contributed by atoms with Gasteiger partial charge in [-0.25, -0.2) is 0 Å². The summed E-state index contributed by atoms with van der Waals surface area (Å²) < 4.78 is 0. The summed E-state index contributed by atoms with van der Waals surface area (Å²) in [6.45, 7) is 2.17. The Hall–Kier alpha value is -1.95. The van der Waals surface area contributed by atoms with Crippen LogP contribution in [0, 0.1) is 5.92 Å². The summed E-state index contributed by atoms with van der Waals surface area (Å²) in [5.41, 5.74) is 0.942. The smallest absolute Gasteiger partial charge is 0.236 e. The van der Waals surface area contributed by atoms with Crippen molar-refractivity contribution in [3.63, 3.8) is 0 Å². The molecule has 6 nitrogen and oxygen atoms in total. The number of likely N-dealkylation sites (N-methyl/N-ethyl adjacent to an activating group) is 1. The van der Waals surface area contributed by atoms with Crippen LogP contribution in [0.1, 0.15) is 12.1 Å². The number of nitrogens with one attached hydrogen (secondary N) is 1. The second-order valence-electron chi connectivity index (χ2n) is 5.43. The van der Waals surface area contributed by atoms with E-state index >= 15 is 0 Å². The second-order valence-corrected chi connectivity index (χ2v) is 5.43. The highest BCUT2D eigenvalue weighted by atomic mass is 16.2. The first-order valence-corrected chi connectivity index (χ1v) is 7.18. The molecule has 2 rings (SSSR count). The Morgan fingerprint density at radius 2 is 2.29 bits per heavy atom. The maximum Gasteiger partial charge on any atom is 0.236 e. The largest absolute Gasteiger partial charge is 0.359 e. The van der Waals surface area contributed by atoms with E-state index in [0.717, 1.165) is 12.1 Å². The minimum Gasteiger partial charge on any atom is -0.359 e. The molecule has 6 heteroatoms. The van der Waals surface area contributed by atoms with Crippen LogP contribution in [0.3, 0.4) is 0 Å². The van der Waals surface area contributed by atoms with E-state index in [1.165, 1.54) is 0 Å². The minimum absolute atomic E-state index is 0.0205. The predicted molar refractivity (Wildman–Crippen MR) is 79.3 cm³/mol. The first-order chi connectivity index (χ1) is 10.1. The lowest BCUT2D eigenvalue weighted by atomic mass is 10.1. The molecule has 1 aliphatic heterocycles. The molecule has 0 spiro atoms. The van der Waals surface area contributed by atoms with E-state index in [1.807, 2.05) is 30.1 Å². The molecule has 1 atom stereocenters. The average Bonchev–Trinajstić information content (AvgIpc) is 2.97. The third-order valence-electron chi connectivity index (χ3n) is 3.72. The number of pyridine rings is 1. The first-order valence-electron chi connectivity index (χ1n) is 7.18. The standard InChI is InChI=1S/C15H22N4O2/c1-16-15(21)12-6-8-19(9-12)14(20)11-18(2)10-13-5-3-4-7-17-13/h3-5,7,12H,6,8-11H2,1-2H3,(H,16,21). The van der Waals surface area contributed by atoms with Gasteiger partial charge in [-0.15, -0.1) is 0 Å². The molecule has 2 amide bonds. The molecule has 1 aromatic heterocycles. The lowest BCUT2D eigenvalue weighted by Crippen LogP contribution is -2.38. The summed E-state index contributed by atoms with van der Waals surface area (Å²) >= 11 is 0. The van der Waals surface area contributed by atoms with Gasteiger partial charge in [-0.05, 0) is 25.6 Å². The van der Waals surface area contributed by atoms with Crippen molar-refractivity contribution in [3.05, 3.63) is 30.1 Å². The predicted octanol–water partition coefficient (Wildman–Crippen LogP) is 0.108. The first kappa shape index (κ1) is 15.4. The van der Waals surface area contributed by atoms with Gasteiger partial charge in [0.1, 0.15) is 0 Å². The normalized spacial score (nSPS) is 18.0. The summed E-state index contributed by atoms with van der Waals surface area (Å²) in [7, 11) is 3.53. The zero-order valence-corrected chi connectivity index (χ0v) is 12.6. The molecule has 114 valence electrons. The molecule has 0 bridgehead atoms. The van der Waals surface area contributed by atoms with E-state index in [-0.39, 0.29) is 17.7 Å². The molecule has 1 fully saturated rings. The van der Waals surface area contributed by atoms with Gasteiger partial charge in [-0.3, -0.25) is 19.5 Å². The molecule has 1 saturated heterocycles. The zero-order chi connectivity index (χ0) is 15.2. The number of likely N-dealkylation sites (tertiary alicyclic amines) is 1. The summed E-state index contributed by atoms with van der Waals surface area (Å²) in [5.74, 6) is 0.0204. The van der Waals surface area contributed by atoms with Crippen molar-refractivity contribution in [2.45, 2.75) is 13.0 Å². The topological polar surface area (TPSA) is 65.5 Å². The van der Waals surface area contributed by atoms with Crippen LogP contribution in [0.4, 0.5) is 0 Å². The van der Waals surface area contributed by atoms with Gasteiger partial charge >= 0.3 is 0 Å². The number of amides is 2. The van der Waals surface area contributed by atoms with Gasteiger partial charge in [-0.1, -0.05) is 6.07 Å². The highest BCUT2D eigenvalue weighted by molar-refractivity contribution is 5.82. The number of carbonyl (C=O) groups is 2. The van der Waals surface area contributed by atoms with Crippen LogP contribution >= 0.6 is 0 Å². The highest BCUT2D eigenvalue weighted by Crippen LogP contribution is 2.16. The molecular weight excluding hydrogens is 268 g/mol. The summed E-state index contributed by atoms with van der Waals surface area (Å²) in [6, 6.07) is 5.75. The third-order valence-corrected chi connectivity index (χ3v) is 3.72. The minimum atomic E-state index is -0.0694. The fourth-order valence-electron chi connectivity index (χ4n) is 2.56. The highest BCUT2D eigenvalue weighted by Gasteiger charge is 2.30. The summed E-state index contributed by atoms with van der Waals surface area (Å²) in [4.78, 5) is 31.8. The molecular formula is C15H22N4O2. The van der Waals surface area contributed by atoms with Crippen molar-refractivity contribution in [2.24, 2.45) is 5.92 Å². The molecule has 1 aliphatic rings. The van der Waals surface area contributed by atoms with Gasteiger partial charge in [0.2, 0.25) is 11.8 Å². The van der Waals surface area contributed by atoms with E-state index in [2.05, 4.69) is 10.3 Å². The Morgan fingerprint density at radius 1 is 1.48 bits per heavy atom. The Labute approximate surface area is 125 Å². The number of rotatable bonds is 5. The molecule has 0 aromatic carbocycles. The van der Waals surface area contributed by atoms with Crippen LogP contribution in [0.5, 0.6) is 0 Å². The molecule has 0 aliphatic carbocycles. The molecule has 2 heterocycles. The van der Waals surface area contributed by atoms with Gasteiger partial charge in [-0.2, -0.15) is 0 Å². The molecule has 0 radical (unpaired) electrons. The van der Waals surface area contributed by atoms with Crippen molar-refractivity contribution in [1.29, 1.82) is 0 Å². The van der Waals surface area contributed by atoms with Gasteiger partial charge in [0.15, 0.2) is 0 Å². The average molecular weight is 290 g/mol. The van der Waals surface area contributed by atoms with Gasteiger partial charge < -0.3 is 10.2 Å². The fraction of sp³-hybridized carbons (Fsp3) is 0.533. The third kappa shape index (κ3) is 4.26. The van der Waals surface area contributed by atoms with Gasteiger partial charge in [0.25, 0.3) is 0 Å². The maximum atomic E-state index is 12.2. The fourth-order valence-corrected chi connectivity index (χ4v) is 2.56. The lowest BCUT2D eigenvalue weighted by Gasteiger charge is -2.21. The van der Waals surface area contributed by atoms with Crippen LogP contribution in [-0.4, -0.2) is 60.3 Å². The number of hydrogen-bond acceptors (Lipinski definition) is 4. The number of carbonyl (C=O) groups excluding carboxylic acids is 2. The quantitative estimate of drug-likeness (QED) is 0.836. The Morgan fingerprint density at radius 3 is 2.95 bits per heavy atom. The van der Waals surface area contributed by atoms with Crippen LogP contribution < -0.4 is 5.32 Å². The molecule has 0 saturated carbocycles. The van der Waals surface area contributed by atoms with Crippen molar-refractivity contribution in [1.82, 2.24) is 20.1 Å². The number of aromatic nitrogens is 1. The van der Waals surface area contributed by atoms with Gasteiger partial charge in [0.05, 0.1) is 18.2 Å². The van der Waals surface area contributed by atoms with Crippen LogP contribution in [-0.2, 0) is 16.1 Å². The van der Waals surface area contributed by atoms with Crippen LogP contribution in [0.15, 0.2) is 24.4 Å². The van der Waals surface area contributed by atoms with Crippen LogP contribution in [0.2, 0.25) is 0 Å². The molecule has 1 unspecified atom stereocenters. The van der Waals surface area contributed by atoms with E-state index < -0.39 is 0 Å². The Kier molecular flexibility index (Phi) is 5.27. The van der Waals surface area contributed by atoms with Crippen LogP contribution in [0.25, 0.3) is 0 Å². The summed E-state index contributed by atoms with van der Waals surface area (Å²) in [5, 5.41) is 2.64. The maximum absolute atomic E-state index is 12.2. The second kappa shape index (κ2) is 7.17. The van der Waals surface area contributed by atoms with Gasteiger partial charge in [0, 0.05) is 32.9 Å². The summed E-state index contributed by atoms with van der Waals surface area (Å²) in [6.07, 6.45) is 2.49. The van der Waals surface area contributed by atoms with E-state index in [4.69, 9.17) is 0 Å². The number of nitrogens with zero attached hydrogens (tertiary/aromatic N) is 3. The van der Waals surface area contributed by atoms with Crippen molar-refractivity contribution >= 4 is 11.8 Å². The van der Waals surface area contributed by atoms with Crippen molar-refractivity contribution in [2.75, 3.05) is 33.7 Å². The monoisotopic (exact) mass is 290 g/mol. The van der Waals surface area contributed by atoms with Crippen molar-refractivity contribution < 1.29 is 9.59 Å².